The van der Waals surface area contributed by atoms with Crippen molar-refractivity contribution in [3.8, 4) is 0 Å². The summed E-state index contributed by atoms with van der Waals surface area (Å²) in [4.78, 5) is 14.8. The zero-order chi connectivity index (χ0) is 12.3. The lowest BCUT2D eigenvalue weighted by atomic mass is 10.0. The van der Waals surface area contributed by atoms with Gasteiger partial charge in [-0.05, 0) is 42.8 Å². The Kier molecular flexibility index (Phi) is 3.33. The Bertz CT molecular complexity index is 500. The minimum atomic E-state index is 0.142. The molecule has 1 aliphatic carbocycles. The van der Waals surface area contributed by atoms with E-state index in [9.17, 15) is 4.79 Å². The van der Waals surface area contributed by atoms with E-state index in [1.165, 1.54) is 11.1 Å². The van der Waals surface area contributed by atoms with Crippen LogP contribution in [-0.2, 0) is 17.6 Å². The van der Waals surface area contributed by atoms with Crippen LogP contribution < -0.4 is 0 Å². The monoisotopic (exact) mass is 225 g/mol. The molecule has 1 unspecified atom stereocenters. The molecule has 1 aromatic carbocycles. The Labute approximate surface area is 101 Å². The molecule has 0 aliphatic heterocycles. The zero-order valence-electron chi connectivity index (χ0n) is 9.73. The number of carbonyl (C=O) groups excluding carboxylic acids is 1. The number of hydrogen-bond donors (Lipinski definition) is 0. The van der Waals surface area contributed by atoms with E-state index in [1.54, 1.807) is 6.08 Å². The molecular weight excluding hydrogens is 210 g/mol. The first-order chi connectivity index (χ1) is 8.28. The maximum Gasteiger partial charge on any atom is 0.123 e. The van der Waals surface area contributed by atoms with Crippen molar-refractivity contribution in [2.24, 2.45) is 10.9 Å². The van der Waals surface area contributed by atoms with E-state index < -0.39 is 0 Å². The Balaban J connectivity index is 2.36. The third kappa shape index (κ3) is 2.26. The van der Waals surface area contributed by atoms with Gasteiger partial charge < -0.3 is 4.79 Å². The largest absolute Gasteiger partial charge is 0.303 e. The summed E-state index contributed by atoms with van der Waals surface area (Å²) in [6, 6.07) is 6.20. The van der Waals surface area contributed by atoms with Crippen molar-refractivity contribution >= 4 is 18.7 Å². The summed E-state index contributed by atoms with van der Waals surface area (Å²) in [5.74, 6) is 0.142. The van der Waals surface area contributed by atoms with E-state index in [1.807, 2.05) is 12.1 Å². The van der Waals surface area contributed by atoms with Gasteiger partial charge in [-0.1, -0.05) is 24.8 Å². The zero-order valence-corrected chi connectivity index (χ0v) is 9.73. The normalized spacial score (nSPS) is 18.6. The van der Waals surface area contributed by atoms with E-state index in [0.717, 1.165) is 30.4 Å². The Morgan fingerprint density at radius 1 is 1.35 bits per heavy atom. The van der Waals surface area contributed by atoms with Gasteiger partial charge in [-0.2, -0.15) is 0 Å². The third-order valence-electron chi connectivity index (χ3n) is 3.10. The van der Waals surface area contributed by atoms with Crippen LogP contribution in [0.15, 0.2) is 41.9 Å². The van der Waals surface area contributed by atoms with E-state index >= 15 is 0 Å². The topological polar surface area (TPSA) is 29.4 Å². The van der Waals surface area contributed by atoms with Gasteiger partial charge in [0.25, 0.3) is 0 Å². The highest BCUT2D eigenvalue weighted by Gasteiger charge is 2.21. The molecule has 2 nitrogen and oxygen atoms in total. The second-order valence-corrected chi connectivity index (χ2v) is 4.23. The molecule has 17 heavy (non-hydrogen) atoms. The minimum absolute atomic E-state index is 0.142. The summed E-state index contributed by atoms with van der Waals surface area (Å²) in [5, 5.41) is 0. The summed E-state index contributed by atoms with van der Waals surface area (Å²) in [7, 11) is 0. The summed E-state index contributed by atoms with van der Waals surface area (Å²) in [6.07, 6.45) is 6.28. The van der Waals surface area contributed by atoms with Gasteiger partial charge in [0.15, 0.2) is 0 Å². The average Bonchev–Trinajstić information content (AvgIpc) is 2.77. The van der Waals surface area contributed by atoms with E-state index in [0.29, 0.717) is 0 Å². The van der Waals surface area contributed by atoms with Gasteiger partial charge in [0, 0.05) is 11.5 Å². The van der Waals surface area contributed by atoms with Gasteiger partial charge in [-0.25, -0.2) is 0 Å². The van der Waals surface area contributed by atoms with Crippen molar-refractivity contribution in [1.29, 1.82) is 0 Å². The molecule has 0 saturated heterocycles. The molecule has 2 heteroatoms. The van der Waals surface area contributed by atoms with Gasteiger partial charge in [0.2, 0.25) is 0 Å². The van der Waals surface area contributed by atoms with E-state index in [2.05, 4.69) is 30.4 Å². The molecule has 0 heterocycles. The Hall–Kier alpha value is -1.96. The molecule has 1 aromatic rings. The molecule has 0 amide bonds. The molecule has 2 rings (SSSR count). The van der Waals surface area contributed by atoms with Gasteiger partial charge in [0.05, 0.1) is 5.70 Å². The summed E-state index contributed by atoms with van der Waals surface area (Å²) < 4.78 is 0. The van der Waals surface area contributed by atoms with E-state index in [4.69, 9.17) is 0 Å². The second kappa shape index (κ2) is 4.91. The number of allylic oxidation sites excluding steroid dienone is 2. The fourth-order valence-corrected chi connectivity index (χ4v) is 2.26. The Morgan fingerprint density at radius 2 is 2.12 bits per heavy atom. The van der Waals surface area contributed by atoms with Crippen molar-refractivity contribution in [2.75, 3.05) is 0 Å². The van der Waals surface area contributed by atoms with Crippen LogP contribution in [0.1, 0.15) is 16.7 Å². The van der Waals surface area contributed by atoms with Crippen LogP contribution in [0.25, 0.3) is 5.70 Å². The lowest BCUT2D eigenvalue weighted by Gasteiger charge is -2.04. The molecule has 0 saturated carbocycles. The van der Waals surface area contributed by atoms with E-state index in [-0.39, 0.29) is 5.92 Å². The van der Waals surface area contributed by atoms with Crippen LogP contribution in [0.3, 0.4) is 0 Å². The molecule has 0 spiro atoms. The van der Waals surface area contributed by atoms with Gasteiger partial charge in [0.1, 0.15) is 6.29 Å². The van der Waals surface area contributed by atoms with Gasteiger partial charge in [-0.15, -0.1) is 0 Å². The van der Waals surface area contributed by atoms with Crippen molar-refractivity contribution in [3.63, 3.8) is 0 Å². The molecule has 1 aliphatic rings. The number of aliphatic imine (C=N–C) groups is 1. The van der Waals surface area contributed by atoms with Crippen molar-refractivity contribution in [2.45, 2.75) is 12.8 Å². The molecule has 0 radical (unpaired) electrons. The van der Waals surface area contributed by atoms with Crippen LogP contribution in [0.5, 0.6) is 0 Å². The first kappa shape index (κ1) is 11.5. The number of carbonyl (C=O) groups is 1. The minimum Gasteiger partial charge on any atom is -0.303 e. The third-order valence-corrected chi connectivity index (χ3v) is 3.10. The maximum atomic E-state index is 10.8. The molecule has 86 valence electrons. The number of fused-ring (bicyclic) bond motifs is 1. The predicted molar refractivity (Wildman–Crippen MR) is 71.1 cm³/mol. The highest BCUT2D eigenvalue weighted by molar-refractivity contribution is 5.70. The van der Waals surface area contributed by atoms with Crippen LogP contribution in [-0.4, -0.2) is 13.0 Å². The molecule has 0 fully saturated rings. The highest BCUT2D eigenvalue weighted by atomic mass is 16.1. The van der Waals surface area contributed by atoms with Crippen molar-refractivity contribution in [1.82, 2.24) is 0 Å². The molecular formula is C15H15NO. The first-order valence-electron chi connectivity index (χ1n) is 5.65. The quantitative estimate of drug-likeness (QED) is 0.440. The molecule has 1 atom stereocenters. The average molecular weight is 225 g/mol. The lowest BCUT2D eigenvalue weighted by Crippen LogP contribution is -1.99. The second-order valence-electron chi connectivity index (χ2n) is 4.23. The Morgan fingerprint density at radius 3 is 2.76 bits per heavy atom. The maximum absolute atomic E-state index is 10.8. The first-order valence-corrected chi connectivity index (χ1v) is 5.65. The number of benzene rings is 1. The molecule has 0 N–H and O–H groups in total. The van der Waals surface area contributed by atoms with Gasteiger partial charge >= 0.3 is 0 Å². The molecule has 0 aromatic heterocycles. The smallest absolute Gasteiger partial charge is 0.123 e. The summed E-state index contributed by atoms with van der Waals surface area (Å²) >= 11 is 0. The lowest BCUT2D eigenvalue weighted by molar-refractivity contribution is -0.110. The van der Waals surface area contributed by atoms with Crippen LogP contribution in [0.4, 0.5) is 0 Å². The van der Waals surface area contributed by atoms with Gasteiger partial charge in [-0.3, -0.25) is 4.99 Å². The van der Waals surface area contributed by atoms with Crippen LogP contribution in [0.2, 0.25) is 0 Å². The SMILES string of the molecule is C=C/C=C(\N=C)c1ccc2c(c1)CC(C=O)C2. The number of rotatable bonds is 4. The number of hydrogen-bond acceptors (Lipinski definition) is 2. The van der Waals surface area contributed by atoms with Crippen molar-refractivity contribution < 1.29 is 4.79 Å². The highest BCUT2D eigenvalue weighted by Crippen LogP contribution is 2.28. The summed E-state index contributed by atoms with van der Waals surface area (Å²) in [5.41, 5.74) is 4.37. The summed E-state index contributed by atoms with van der Waals surface area (Å²) in [6.45, 7) is 7.22. The molecule has 0 bridgehead atoms. The predicted octanol–water partition coefficient (Wildman–Crippen LogP) is 2.83. The fourth-order valence-electron chi connectivity index (χ4n) is 2.26. The van der Waals surface area contributed by atoms with Crippen molar-refractivity contribution in [3.05, 3.63) is 53.6 Å². The number of nitrogens with zero attached hydrogens (tertiary/aromatic N) is 1. The standard InChI is InChI=1S/C15H15NO/c1-3-4-15(16-2)13-6-5-12-7-11(10-17)8-14(12)9-13/h3-6,9-11H,1-2,7-8H2/b15-4-. The number of aldehydes is 1. The van der Waals surface area contributed by atoms with Crippen LogP contribution >= 0.6 is 0 Å². The fraction of sp³-hybridized carbons (Fsp3) is 0.200. The van der Waals surface area contributed by atoms with Crippen LogP contribution in [0, 0.1) is 5.92 Å².